The Morgan fingerprint density at radius 3 is 2.47 bits per heavy atom. The summed E-state index contributed by atoms with van der Waals surface area (Å²) in [5.41, 5.74) is 2.20. The Hall–Kier alpha value is -2.87. The molecule has 2 heterocycles. The zero-order valence-corrected chi connectivity index (χ0v) is 19.0. The molecule has 0 bridgehead atoms. The molecule has 0 spiro atoms. The first-order chi connectivity index (χ1) is 15.5. The molecule has 1 aliphatic heterocycles. The van der Waals surface area contributed by atoms with E-state index in [4.69, 9.17) is 20.9 Å². The summed E-state index contributed by atoms with van der Waals surface area (Å²) in [6.07, 6.45) is 0. The van der Waals surface area contributed by atoms with E-state index in [2.05, 4.69) is 27.3 Å². The van der Waals surface area contributed by atoms with Crippen LogP contribution in [0.3, 0.4) is 0 Å². The molecule has 0 unspecified atom stereocenters. The highest BCUT2D eigenvalue weighted by Gasteiger charge is 2.25. The molecule has 1 aliphatic rings. The third-order valence-corrected chi connectivity index (χ3v) is 6.06. The van der Waals surface area contributed by atoms with Gasteiger partial charge in [-0.15, -0.1) is 0 Å². The van der Waals surface area contributed by atoms with Crippen molar-refractivity contribution in [2.24, 2.45) is 0 Å². The van der Waals surface area contributed by atoms with Crippen LogP contribution in [-0.4, -0.2) is 67.7 Å². The zero-order chi connectivity index (χ0) is 22.5. The number of halogens is 1. The van der Waals surface area contributed by atoms with E-state index in [0.29, 0.717) is 17.3 Å². The van der Waals surface area contributed by atoms with Crippen molar-refractivity contribution in [3.63, 3.8) is 0 Å². The van der Waals surface area contributed by atoms with Gasteiger partial charge in [-0.05, 0) is 49.0 Å². The van der Waals surface area contributed by atoms with Crippen LogP contribution >= 0.6 is 11.6 Å². The SMILES string of the molecule is COc1ccc(-c2cc(C(=O)NC[C@@H](c3ccc(Cl)cc3)N3CCN(C)CC3)no2)cc1. The number of nitrogens with zero attached hydrogens (tertiary/aromatic N) is 3. The lowest BCUT2D eigenvalue weighted by atomic mass is 10.0. The summed E-state index contributed by atoms with van der Waals surface area (Å²) in [7, 11) is 3.74. The van der Waals surface area contributed by atoms with Crippen LogP contribution in [0.1, 0.15) is 22.1 Å². The van der Waals surface area contributed by atoms with Crippen LogP contribution < -0.4 is 10.1 Å². The molecule has 168 valence electrons. The third kappa shape index (κ3) is 5.30. The van der Waals surface area contributed by atoms with Gasteiger partial charge in [0, 0.05) is 49.4 Å². The molecule has 1 N–H and O–H groups in total. The Morgan fingerprint density at radius 1 is 1.12 bits per heavy atom. The molecule has 1 saturated heterocycles. The van der Waals surface area contributed by atoms with E-state index in [9.17, 15) is 4.79 Å². The van der Waals surface area contributed by atoms with Gasteiger partial charge in [0.15, 0.2) is 11.5 Å². The van der Waals surface area contributed by atoms with E-state index in [1.165, 1.54) is 0 Å². The maximum atomic E-state index is 12.8. The summed E-state index contributed by atoms with van der Waals surface area (Å²) in [5, 5.41) is 7.70. The summed E-state index contributed by atoms with van der Waals surface area (Å²) in [5.74, 6) is 1.02. The Balaban J connectivity index is 1.45. The molecule has 1 fully saturated rings. The monoisotopic (exact) mass is 454 g/mol. The predicted molar refractivity (Wildman–Crippen MR) is 124 cm³/mol. The lowest BCUT2D eigenvalue weighted by molar-refractivity contribution is 0.0878. The van der Waals surface area contributed by atoms with E-state index in [-0.39, 0.29) is 17.6 Å². The first kappa shape index (κ1) is 22.3. The molecule has 0 saturated carbocycles. The number of methoxy groups -OCH3 is 1. The minimum Gasteiger partial charge on any atom is -0.497 e. The van der Waals surface area contributed by atoms with Crippen molar-refractivity contribution in [1.82, 2.24) is 20.3 Å². The summed E-state index contributed by atoms with van der Waals surface area (Å²) in [4.78, 5) is 17.5. The first-order valence-electron chi connectivity index (χ1n) is 10.6. The molecule has 1 aromatic heterocycles. The Morgan fingerprint density at radius 2 is 1.81 bits per heavy atom. The number of piperazine rings is 1. The average Bonchev–Trinajstić information content (AvgIpc) is 3.32. The number of hydrogen-bond acceptors (Lipinski definition) is 6. The number of hydrogen-bond donors (Lipinski definition) is 1. The van der Waals surface area contributed by atoms with Gasteiger partial charge in [0.2, 0.25) is 0 Å². The quantitative estimate of drug-likeness (QED) is 0.586. The Kier molecular flexibility index (Phi) is 7.09. The average molecular weight is 455 g/mol. The fraction of sp³-hybridized carbons (Fsp3) is 0.333. The van der Waals surface area contributed by atoms with E-state index < -0.39 is 0 Å². The van der Waals surface area contributed by atoms with Crippen molar-refractivity contribution >= 4 is 17.5 Å². The highest BCUT2D eigenvalue weighted by molar-refractivity contribution is 6.30. The molecule has 7 nitrogen and oxygen atoms in total. The van der Waals surface area contributed by atoms with Gasteiger partial charge < -0.3 is 19.5 Å². The van der Waals surface area contributed by atoms with Crippen molar-refractivity contribution < 1.29 is 14.1 Å². The topological polar surface area (TPSA) is 70.8 Å². The molecule has 0 aliphatic carbocycles. The van der Waals surface area contributed by atoms with E-state index in [1.807, 2.05) is 48.5 Å². The maximum absolute atomic E-state index is 12.8. The second-order valence-corrected chi connectivity index (χ2v) is 8.36. The number of aromatic nitrogens is 1. The highest BCUT2D eigenvalue weighted by Crippen LogP contribution is 2.25. The smallest absolute Gasteiger partial charge is 0.273 e. The van der Waals surface area contributed by atoms with Gasteiger partial charge in [-0.2, -0.15) is 0 Å². The molecule has 1 atom stereocenters. The standard InChI is InChI=1S/C24H27ClN4O3/c1-28-11-13-29(14-12-28)22(17-3-7-19(25)8-4-17)16-26-24(30)21-15-23(32-27-21)18-5-9-20(31-2)10-6-18/h3-10,15,22H,11-14,16H2,1-2H3,(H,26,30)/t22-/m0/s1. The van der Waals surface area contributed by atoms with Gasteiger partial charge in [0.25, 0.3) is 5.91 Å². The predicted octanol–water partition coefficient (Wildman–Crippen LogP) is 3.72. The number of carbonyl (C=O) groups is 1. The Bertz CT molecular complexity index is 1030. The maximum Gasteiger partial charge on any atom is 0.273 e. The minimum absolute atomic E-state index is 0.0536. The number of ether oxygens (including phenoxy) is 1. The zero-order valence-electron chi connectivity index (χ0n) is 18.3. The highest BCUT2D eigenvalue weighted by atomic mass is 35.5. The van der Waals surface area contributed by atoms with Crippen LogP contribution in [0.2, 0.25) is 5.02 Å². The fourth-order valence-corrected chi connectivity index (χ4v) is 3.96. The number of rotatable bonds is 7. The third-order valence-electron chi connectivity index (χ3n) is 5.81. The van der Waals surface area contributed by atoms with Crippen LogP contribution in [0, 0.1) is 0 Å². The van der Waals surface area contributed by atoms with E-state index >= 15 is 0 Å². The van der Waals surface area contributed by atoms with Crippen LogP contribution in [-0.2, 0) is 0 Å². The summed E-state index contributed by atoms with van der Waals surface area (Å²) in [6.45, 7) is 4.32. The van der Waals surface area contributed by atoms with Crippen LogP contribution in [0.4, 0.5) is 0 Å². The second kappa shape index (κ2) is 10.2. The number of nitrogens with one attached hydrogen (secondary N) is 1. The summed E-state index contributed by atoms with van der Waals surface area (Å²) < 4.78 is 10.6. The fourth-order valence-electron chi connectivity index (χ4n) is 3.83. The molecule has 1 amide bonds. The van der Waals surface area contributed by atoms with Crippen molar-refractivity contribution in [2.45, 2.75) is 6.04 Å². The van der Waals surface area contributed by atoms with E-state index in [1.54, 1.807) is 13.2 Å². The van der Waals surface area contributed by atoms with Gasteiger partial charge in [-0.3, -0.25) is 9.69 Å². The molecular formula is C24H27ClN4O3. The normalized spacial score (nSPS) is 16.0. The van der Waals surface area contributed by atoms with Crippen molar-refractivity contribution in [2.75, 3.05) is 46.9 Å². The van der Waals surface area contributed by atoms with Gasteiger partial charge >= 0.3 is 0 Å². The van der Waals surface area contributed by atoms with Crippen LogP contribution in [0.5, 0.6) is 5.75 Å². The molecule has 4 rings (SSSR count). The largest absolute Gasteiger partial charge is 0.497 e. The molecule has 0 radical (unpaired) electrons. The molecule has 32 heavy (non-hydrogen) atoms. The molecule has 3 aromatic rings. The summed E-state index contributed by atoms with van der Waals surface area (Å²) in [6, 6.07) is 16.9. The van der Waals surface area contributed by atoms with Crippen LogP contribution in [0.25, 0.3) is 11.3 Å². The molecular weight excluding hydrogens is 428 g/mol. The van der Waals surface area contributed by atoms with Gasteiger partial charge in [0.05, 0.1) is 13.2 Å². The van der Waals surface area contributed by atoms with Crippen LogP contribution in [0.15, 0.2) is 59.1 Å². The number of carbonyl (C=O) groups excluding carboxylic acids is 1. The first-order valence-corrected chi connectivity index (χ1v) is 11.0. The second-order valence-electron chi connectivity index (χ2n) is 7.92. The van der Waals surface area contributed by atoms with Gasteiger partial charge in [0.1, 0.15) is 5.75 Å². The minimum atomic E-state index is -0.262. The van der Waals surface area contributed by atoms with Gasteiger partial charge in [-0.25, -0.2) is 0 Å². The van der Waals surface area contributed by atoms with Crippen molar-refractivity contribution in [3.05, 3.63) is 70.9 Å². The molecule has 2 aromatic carbocycles. The van der Waals surface area contributed by atoms with Gasteiger partial charge in [-0.1, -0.05) is 28.9 Å². The lowest BCUT2D eigenvalue weighted by Crippen LogP contribution is -2.48. The van der Waals surface area contributed by atoms with Crippen molar-refractivity contribution in [1.29, 1.82) is 0 Å². The van der Waals surface area contributed by atoms with Crippen molar-refractivity contribution in [3.8, 4) is 17.1 Å². The lowest BCUT2D eigenvalue weighted by Gasteiger charge is -2.38. The summed E-state index contributed by atoms with van der Waals surface area (Å²) >= 11 is 6.08. The number of benzene rings is 2. The Labute approximate surface area is 192 Å². The molecule has 8 heteroatoms. The number of amides is 1. The number of likely N-dealkylation sites (N-methyl/N-ethyl adjacent to an activating group) is 1. The van der Waals surface area contributed by atoms with E-state index in [0.717, 1.165) is 43.1 Å².